The fourth-order valence-corrected chi connectivity index (χ4v) is 3.17. The van der Waals surface area contributed by atoms with Gasteiger partial charge in [-0.05, 0) is 36.4 Å². The molecule has 5 nitrogen and oxygen atoms in total. The van der Waals surface area contributed by atoms with E-state index >= 15 is 0 Å². The first kappa shape index (κ1) is 16.0. The molecule has 0 heterocycles. The molecule has 0 unspecified atom stereocenters. The first-order chi connectivity index (χ1) is 10.3. The molecule has 2 aromatic rings. The van der Waals surface area contributed by atoms with Crippen LogP contribution in [0, 0.1) is 0 Å². The number of benzene rings is 2. The molecule has 2 aromatic carbocycles. The standard InChI is InChI=1S/C16H18N2O3S/c1-13(19)17(2)14-9-11-15(12-10-14)18(3)22(20,21)16-7-5-4-6-8-16/h4-12H,1-3H3. The molecular weight excluding hydrogens is 300 g/mol. The Kier molecular flexibility index (Phi) is 4.51. The summed E-state index contributed by atoms with van der Waals surface area (Å²) in [7, 11) is -0.414. The molecule has 0 spiro atoms. The normalized spacial score (nSPS) is 11.0. The van der Waals surface area contributed by atoms with Crippen LogP contribution in [0.3, 0.4) is 0 Å². The van der Waals surface area contributed by atoms with Gasteiger partial charge >= 0.3 is 0 Å². The minimum atomic E-state index is -3.59. The minimum absolute atomic E-state index is 0.0852. The Labute approximate surface area is 130 Å². The monoisotopic (exact) mass is 318 g/mol. The average molecular weight is 318 g/mol. The zero-order valence-corrected chi connectivity index (χ0v) is 13.5. The van der Waals surface area contributed by atoms with Crippen LogP contribution in [0.25, 0.3) is 0 Å². The topological polar surface area (TPSA) is 57.7 Å². The zero-order valence-electron chi connectivity index (χ0n) is 12.7. The van der Waals surface area contributed by atoms with Crippen molar-refractivity contribution in [3.63, 3.8) is 0 Å². The summed E-state index contributed by atoms with van der Waals surface area (Å²) >= 11 is 0. The molecule has 0 aromatic heterocycles. The average Bonchev–Trinajstić information content (AvgIpc) is 2.54. The summed E-state index contributed by atoms with van der Waals surface area (Å²) in [4.78, 5) is 13.1. The van der Waals surface area contributed by atoms with Crippen molar-refractivity contribution in [3.05, 3.63) is 54.6 Å². The Morgan fingerprint density at radius 3 is 1.86 bits per heavy atom. The Bertz CT molecular complexity index is 756. The van der Waals surface area contributed by atoms with E-state index < -0.39 is 10.0 Å². The van der Waals surface area contributed by atoms with Crippen molar-refractivity contribution in [1.82, 2.24) is 0 Å². The maximum absolute atomic E-state index is 12.5. The molecule has 2 rings (SSSR count). The molecule has 0 aliphatic heterocycles. The van der Waals surface area contributed by atoms with Crippen LogP contribution < -0.4 is 9.21 Å². The lowest BCUT2D eigenvalue weighted by molar-refractivity contribution is -0.116. The number of rotatable bonds is 4. The molecule has 0 aliphatic carbocycles. The third-order valence-corrected chi connectivity index (χ3v) is 5.27. The summed E-state index contributed by atoms with van der Waals surface area (Å²) in [5.74, 6) is -0.0852. The molecule has 0 saturated carbocycles. The lowest BCUT2D eigenvalue weighted by atomic mass is 10.2. The number of carbonyl (C=O) groups excluding carboxylic acids is 1. The van der Waals surface area contributed by atoms with E-state index in [0.29, 0.717) is 11.4 Å². The number of carbonyl (C=O) groups is 1. The Morgan fingerprint density at radius 2 is 1.36 bits per heavy atom. The van der Waals surface area contributed by atoms with E-state index in [9.17, 15) is 13.2 Å². The quantitative estimate of drug-likeness (QED) is 0.870. The van der Waals surface area contributed by atoms with Crippen molar-refractivity contribution in [3.8, 4) is 0 Å². The van der Waals surface area contributed by atoms with E-state index in [1.165, 1.54) is 23.2 Å². The highest BCUT2D eigenvalue weighted by molar-refractivity contribution is 7.92. The fourth-order valence-electron chi connectivity index (χ4n) is 1.96. The molecule has 0 fully saturated rings. The van der Waals surface area contributed by atoms with E-state index in [1.807, 2.05) is 0 Å². The highest BCUT2D eigenvalue weighted by Gasteiger charge is 2.20. The largest absolute Gasteiger partial charge is 0.316 e. The van der Waals surface area contributed by atoms with Gasteiger partial charge in [-0.25, -0.2) is 8.42 Å². The maximum atomic E-state index is 12.5. The van der Waals surface area contributed by atoms with E-state index in [1.54, 1.807) is 61.6 Å². The van der Waals surface area contributed by atoms with Gasteiger partial charge in [0.25, 0.3) is 10.0 Å². The fraction of sp³-hybridized carbons (Fsp3) is 0.188. The molecule has 0 bridgehead atoms. The molecule has 6 heteroatoms. The highest BCUT2D eigenvalue weighted by atomic mass is 32.2. The predicted octanol–water partition coefficient (Wildman–Crippen LogP) is 2.49. The van der Waals surface area contributed by atoms with E-state index in [0.717, 1.165) is 0 Å². The van der Waals surface area contributed by atoms with Crippen LogP contribution in [0.1, 0.15) is 6.92 Å². The molecule has 0 atom stereocenters. The van der Waals surface area contributed by atoms with Gasteiger partial charge in [-0.1, -0.05) is 18.2 Å². The van der Waals surface area contributed by atoms with E-state index in [2.05, 4.69) is 0 Å². The van der Waals surface area contributed by atoms with Crippen molar-refractivity contribution in [1.29, 1.82) is 0 Å². The van der Waals surface area contributed by atoms with Crippen LogP contribution in [-0.2, 0) is 14.8 Å². The summed E-state index contributed by atoms with van der Waals surface area (Å²) in [6.45, 7) is 1.47. The third-order valence-electron chi connectivity index (χ3n) is 3.47. The lowest BCUT2D eigenvalue weighted by Crippen LogP contribution is -2.27. The van der Waals surface area contributed by atoms with Gasteiger partial charge in [0.1, 0.15) is 0 Å². The second kappa shape index (κ2) is 6.19. The van der Waals surface area contributed by atoms with Gasteiger partial charge in [0.05, 0.1) is 10.6 Å². The van der Waals surface area contributed by atoms with Gasteiger partial charge in [0.2, 0.25) is 5.91 Å². The number of hydrogen-bond acceptors (Lipinski definition) is 3. The number of sulfonamides is 1. The highest BCUT2D eigenvalue weighted by Crippen LogP contribution is 2.24. The summed E-state index contributed by atoms with van der Waals surface area (Å²) in [5, 5.41) is 0. The van der Waals surface area contributed by atoms with E-state index in [-0.39, 0.29) is 10.8 Å². The first-order valence-electron chi connectivity index (χ1n) is 6.72. The van der Waals surface area contributed by atoms with Gasteiger partial charge in [-0.15, -0.1) is 0 Å². The van der Waals surface area contributed by atoms with Gasteiger partial charge < -0.3 is 4.90 Å². The van der Waals surface area contributed by atoms with Gasteiger partial charge in [-0.2, -0.15) is 0 Å². The third kappa shape index (κ3) is 3.12. The number of anilines is 2. The minimum Gasteiger partial charge on any atom is -0.316 e. The second-order valence-corrected chi connectivity index (χ2v) is 6.85. The molecular formula is C16H18N2O3S. The second-order valence-electron chi connectivity index (χ2n) is 4.88. The molecule has 116 valence electrons. The van der Waals surface area contributed by atoms with E-state index in [4.69, 9.17) is 0 Å². The van der Waals surface area contributed by atoms with Gasteiger partial charge in [-0.3, -0.25) is 9.10 Å². The molecule has 0 saturated heterocycles. The van der Waals surface area contributed by atoms with Crippen molar-refractivity contribution < 1.29 is 13.2 Å². The molecule has 22 heavy (non-hydrogen) atoms. The molecule has 0 N–H and O–H groups in total. The summed E-state index contributed by atoms with van der Waals surface area (Å²) < 4.78 is 26.3. The molecule has 0 aliphatic rings. The summed E-state index contributed by atoms with van der Waals surface area (Å²) in [6, 6.07) is 15.0. The van der Waals surface area contributed by atoms with Crippen LogP contribution in [0.5, 0.6) is 0 Å². The van der Waals surface area contributed by atoms with Crippen molar-refractivity contribution in [2.45, 2.75) is 11.8 Å². The Hall–Kier alpha value is -2.34. The summed E-state index contributed by atoms with van der Waals surface area (Å²) in [5.41, 5.74) is 1.24. The predicted molar refractivity (Wildman–Crippen MR) is 87.6 cm³/mol. The van der Waals surface area contributed by atoms with Gasteiger partial charge in [0.15, 0.2) is 0 Å². The Balaban J connectivity index is 2.30. The zero-order chi connectivity index (χ0) is 16.3. The lowest BCUT2D eigenvalue weighted by Gasteiger charge is -2.21. The van der Waals surface area contributed by atoms with Crippen LogP contribution in [0.15, 0.2) is 59.5 Å². The first-order valence-corrected chi connectivity index (χ1v) is 8.16. The molecule has 0 radical (unpaired) electrons. The number of hydrogen-bond donors (Lipinski definition) is 0. The van der Waals surface area contributed by atoms with Crippen LogP contribution >= 0.6 is 0 Å². The van der Waals surface area contributed by atoms with Crippen molar-refractivity contribution in [2.24, 2.45) is 0 Å². The van der Waals surface area contributed by atoms with Crippen molar-refractivity contribution in [2.75, 3.05) is 23.3 Å². The number of amides is 1. The maximum Gasteiger partial charge on any atom is 0.264 e. The van der Waals surface area contributed by atoms with Crippen molar-refractivity contribution >= 4 is 27.3 Å². The van der Waals surface area contributed by atoms with Gasteiger partial charge in [0, 0.05) is 26.7 Å². The SMILES string of the molecule is CC(=O)N(C)c1ccc(N(C)S(=O)(=O)c2ccccc2)cc1. The Morgan fingerprint density at radius 1 is 0.864 bits per heavy atom. The molecule has 1 amide bonds. The smallest absolute Gasteiger partial charge is 0.264 e. The van der Waals surface area contributed by atoms with Crippen LogP contribution in [-0.4, -0.2) is 28.4 Å². The van der Waals surface area contributed by atoms with Crippen LogP contribution in [0.2, 0.25) is 0 Å². The van der Waals surface area contributed by atoms with Crippen LogP contribution in [0.4, 0.5) is 11.4 Å². The number of nitrogens with zero attached hydrogens (tertiary/aromatic N) is 2. The summed E-state index contributed by atoms with van der Waals surface area (Å²) in [6.07, 6.45) is 0.